The average Bonchev–Trinajstić information content (AvgIpc) is 3.44. The summed E-state index contributed by atoms with van der Waals surface area (Å²) in [6, 6.07) is 32.1. The van der Waals surface area contributed by atoms with Gasteiger partial charge in [0.1, 0.15) is 0 Å². The van der Waals surface area contributed by atoms with E-state index in [9.17, 15) is 0 Å². The van der Waals surface area contributed by atoms with E-state index in [1.807, 2.05) is 0 Å². The molecule has 2 aliphatic carbocycles. The summed E-state index contributed by atoms with van der Waals surface area (Å²) in [5.74, 6) is 2.21. The topological polar surface area (TPSA) is 0 Å². The Labute approximate surface area is 181 Å². The zero-order valence-electron chi connectivity index (χ0n) is 17.6. The molecule has 0 N–H and O–H groups in total. The molecule has 0 radical (unpaired) electrons. The van der Waals surface area contributed by atoms with Gasteiger partial charge in [-0.05, 0) is 63.3 Å². The Morgan fingerprint density at radius 3 is 1.73 bits per heavy atom. The van der Waals surface area contributed by atoms with Crippen molar-refractivity contribution in [3.8, 4) is 0 Å². The zero-order chi connectivity index (χ0) is 20.1. The van der Waals surface area contributed by atoms with Crippen LogP contribution in [0, 0.1) is 17.8 Å². The number of benzene rings is 4. The van der Waals surface area contributed by atoms with Crippen molar-refractivity contribution in [2.24, 2.45) is 17.8 Å². The Morgan fingerprint density at radius 2 is 1.23 bits per heavy atom. The third kappa shape index (κ3) is 2.51. The Morgan fingerprint density at radius 1 is 0.667 bits per heavy atom. The van der Waals surface area contributed by atoms with Gasteiger partial charge in [-0.1, -0.05) is 104 Å². The minimum atomic E-state index is -0.436. The van der Waals surface area contributed by atoms with E-state index in [1.54, 1.807) is 11.1 Å². The molecule has 6 rings (SSSR count). The van der Waals surface area contributed by atoms with E-state index in [4.69, 9.17) is 0 Å². The van der Waals surface area contributed by atoms with Crippen molar-refractivity contribution in [1.29, 1.82) is 0 Å². The van der Waals surface area contributed by atoms with Gasteiger partial charge in [-0.25, -0.2) is 0 Å². The van der Waals surface area contributed by atoms with E-state index in [1.165, 1.54) is 34.4 Å². The van der Waals surface area contributed by atoms with Crippen LogP contribution in [0.5, 0.6) is 0 Å². The Hall–Kier alpha value is -2.64. The second kappa shape index (κ2) is 6.96. The first-order valence-electron chi connectivity index (χ1n) is 11.5. The lowest BCUT2D eigenvalue weighted by Crippen LogP contribution is -2.43. The molecule has 0 aromatic heterocycles. The molecule has 148 valence electrons. The molecule has 0 aliphatic heterocycles. The molecule has 0 heterocycles. The fourth-order valence-electron chi connectivity index (χ4n) is 6.76. The van der Waals surface area contributed by atoms with Crippen LogP contribution in [0.2, 0.25) is 6.55 Å². The van der Waals surface area contributed by atoms with Crippen molar-refractivity contribution in [3.05, 3.63) is 108 Å². The molecule has 0 saturated heterocycles. The highest BCUT2D eigenvalue weighted by molar-refractivity contribution is 6.41. The van der Waals surface area contributed by atoms with Gasteiger partial charge in [-0.2, -0.15) is 0 Å². The first-order chi connectivity index (χ1) is 14.8. The molecule has 2 aliphatic rings. The molecule has 3 unspecified atom stereocenters. The van der Waals surface area contributed by atoms with Crippen molar-refractivity contribution in [2.45, 2.75) is 24.4 Å². The third-order valence-electron chi connectivity index (χ3n) is 8.01. The van der Waals surface area contributed by atoms with Crippen LogP contribution in [0.15, 0.2) is 97.1 Å². The molecule has 3 atom stereocenters. The van der Waals surface area contributed by atoms with Crippen LogP contribution in [-0.4, -0.2) is 9.52 Å². The first-order valence-corrected chi connectivity index (χ1v) is 13.6. The molecule has 0 nitrogen and oxygen atoms in total. The van der Waals surface area contributed by atoms with Gasteiger partial charge in [0.05, 0.1) is 0 Å². The van der Waals surface area contributed by atoms with Gasteiger partial charge in [0.15, 0.2) is 0 Å². The summed E-state index contributed by atoms with van der Waals surface area (Å²) in [6.45, 7) is 2.55. The summed E-state index contributed by atoms with van der Waals surface area (Å²) < 4.78 is 0. The second-order valence-electron chi connectivity index (χ2n) is 9.27. The highest BCUT2D eigenvalue weighted by Gasteiger charge is 2.50. The van der Waals surface area contributed by atoms with Gasteiger partial charge in [-0.15, -0.1) is 0 Å². The van der Waals surface area contributed by atoms with Crippen LogP contribution in [0.4, 0.5) is 0 Å². The predicted molar refractivity (Wildman–Crippen MR) is 132 cm³/mol. The fourth-order valence-corrected chi connectivity index (χ4v) is 9.14. The number of hydrogen-bond acceptors (Lipinski definition) is 0. The van der Waals surface area contributed by atoms with Gasteiger partial charge in [0.25, 0.3) is 0 Å². The molecule has 1 saturated carbocycles. The molecule has 4 aromatic rings. The molecule has 1 heteroatoms. The molecular formula is C29H28Si. The molecule has 30 heavy (non-hydrogen) atoms. The van der Waals surface area contributed by atoms with Gasteiger partial charge < -0.3 is 0 Å². The summed E-state index contributed by atoms with van der Waals surface area (Å²) in [7, 11) is -0.436. The van der Waals surface area contributed by atoms with Crippen molar-refractivity contribution in [1.82, 2.24) is 0 Å². The largest absolute Gasteiger partial charge is 0.0851 e. The molecule has 2 bridgehead atoms. The molecule has 0 amide bonds. The monoisotopic (exact) mass is 404 g/mol. The molecular weight excluding hydrogens is 376 g/mol. The van der Waals surface area contributed by atoms with Gasteiger partial charge in [-0.3, -0.25) is 0 Å². The maximum atomic E-state index is 2.55. The van der Waals surface area contributed by atoms with Crippen molar-refractivity contribution < 1.29 is 0 Å². The maximum Gasteiger partial charge on any atom is 0.0355 e. The standard InChI is InChI=1S/C29H28Si/c1-30-29(28-19-20-16-17-23(28)18-20,26-14-6-10-21-8-2-4-12-24(21)26)27-15-7-11-22-9-3-5-13-25(22)27/h2-17,20,23,28H,18-19,30H2,1H3. The summed E-state index contributed by atoms with van der Waals surface area (Å²) >= 11 is 0. The Balaban J connectivity index is 1.72. The third-order valence-corrected chi connectivity index (χ3v) is 10.4. The summed E-state index contributed by atoms with van der Waals surface area (Å²) in [5, 5.41) is 5.82. The van der Waals surface area contributed by atoms with Crippen molar-refractivity contribution in [3.63, 3.8) is 0 Å². The minimum Gasteiger partial charge on any atom is -0.0851 e. The highest BCUT2D eigenvalue weighted by Crippen LogP contribution is 2.56. The lowest BCUT2D eigenvalue weighted by Gasteiger charge is -2.44. The van der Waals surface area contributed by atoms with Gasteiger partial charge >= 0.3 is 0 Å². The van der Waals surface area contributed by atoms with E-state index in [0.717, 1.165) is 11.8 Å². The smallest absolute Gasteiger partial charge is 0.0355 e. The fraction of sp³-hybridized carbons (Fsp3) is 0.241. The molecule has 1 fully saturated rings. The van der Waals surface area contributed by atoms with Gasteiger partial charge in [0, 0.05) is 14.6 Å². The zero-order valence-corrected chi connectivity index (χ0v) is 19.0. The highest BCUT2D eigenvalue weighted by atomic mass is 28.2. The van der Waals surface area contributed by atoms with Crippen LogP contribution < -0.4 is 0 Å². The minimum absolute atomic E-state index is 0.159. The van der Waals surface area contributed by atoms with Crippen LogP contribution in [0.25, 0.3) is 21.5 Å². The summed E-state index contributed by atoms with van der Waals surface area (Å²) in [4.78, 5) is 0. The summed E-state index contributed by atoms with van der Waals surface area (Å²) in [5.41, 5.74) is 3.16. The van der Waals surface area contributed by atoms with E-state index in [-0.39, 0.29) is 5.04 Å². The quantitative estimate of drug-likeness (QED) is 0.263. The SMILES string of the molecule is C[SiH2]C(c1cccc2ccccc12)(c1cccc2ccccc12)C1CC2C=CC1C2. The second-order valence-corrected chi connectivity index (χ2v) is 11.1. The van der Waals surface area contributed by atoms with E-state index in [0.29, 0.717) is 5.92 Å². The normalized spacial score (nSPS) is 23.3. The van der Waals surface area contributed by atoms with E-state index in [2.05, 4.69) is 104 Å². The van der Waals surface area contributed by atoms with Crippen LogP contribution >= 0.6 is 0 Å². The average molecular weight is 405 g/mol. The first kappa shape index (κ1) is 18.2. The predicted octanol–water partition coefficient (Wildman–Crippen LogP) is 6.67. The van der Waals surface area contributed by atoms with Crippen LogP contribution in [0.3, 0.4) is 0 Å². The van der Waals surface area contributed by atoms with Crippen molar-refractivity contribution >= 4 is 31.1 Å². The molecule has 4 aromatic carbocycles. The summed E-state index contributed by atoms with van der Waals surface area (Å²) in [6.07, 6.45) is 7.74. The maximum absolute atomic E-state index is 2.55. The Bertz CT molecular complexity index is 1180. The number of fused-ring (bicyclic) bond motifs is 4. The number of allylic oxidation sites excluding steroid dienone is 2. The lowest BCUT2D eigenvalue weighted by atomic mass is 9.71. The molecule has 0 spiro atoms. The van der Waals surface area contributed by atoms with Gasteiger partial charge in [0.2, 0.25) is 0 Å². The lowest BCUT2D eigenvalue weighted by molar-refractivity contribution is 0.362. The van der Waals surface area contributed by atoms with Crippen molar-refractivity contribution in [2.75, 3.05) is 0 Å². The van der Waals surface area contributed by atoms with Crippen LogP contribution in [-0.2, 0) is 5.04 Å². The van der Waals surface area contributed by atoms with E-state index < -0.39 is 9.52 Å². The van der Waals surface area contributed by atoms with E-state index >= 15 is 0 Å². The Kier molecular flexibility index (Phi) is 4.21. The number of rotatable bonds is 4. The van der Waals surface area contributed by atoms with Crippen LogP contribution in [0.1, 0.15) is 24.0 Å². The number of hydrogen-bond donors (Lipinski definition) is 0.